The van der Waals surface area contributed by atoms with Crippen LogP contribution in [0.5, 0.6) is 11.5 Å². The highest BCUT2D eigenvalue weighted by Crippen LogP contribution is 2.64. The van der Waals surface area contributed by atoms with Crippen LogP contribution in [0.1, 0.15) is 31.2 Å². The van der Waals surface area contributed by atoms with E-state index in [4.69, 9.17) is 4.74 Å². The number of ether oxygens (including phenoxy) is 1. The summed E-state index contributed by atoms with van der Waals surface area (Å²) < 4.78 is 6.07. The van der Waals surface area contributed by atoms with Crippen molar-refractivity contribution in [3.05, 3.63) is 118 Å². The van der Waals surface area contributed by atoms with Crippen molar-refractivity contribution in [3.8, 4) is 11.5 Å². The highest BCUT2D eigenvalue weighted by Gasteiger charge is 2.67. The standard InChI is InChI=1S/C40H34IN3O6/c1-40-30(37(47)44(39(40)49)25-11-7-4-8-12-25)21-29-27(34(40)22-19-31(41)35(45)32(20-22)50-2)17-18-28-33(29)38(48)43(36(28)46)26-15-13-24(14-16-26)42-23-9-5-3-6-10-23/h3-17,19-20,28-30,33-34,42,45H,18,21H2,1-2H3/t28-,29+,30-,33-,34-,40+/m0/s1. The van der Waals surface area contributed by atoms with E-state index in [1.54, 1.807) is 42.5 Å². The summed E-state index contributed by atoms with van der Waals surface area (Å²) in [6.07, 6.45) is 2.61. The number of methoxy groups -OCH3 is 1. The zero-order valence-corrected chi connectivity index (χ0v) is 29.5. The van der Waals surface area contributed by atoms with Crippen LogP contribution in [0.4, 0.5) is 22.7 Å². The van der Waals surface area contributed by atoms with Gasteiger partial charge in [0, 0.05) is 17.3 Å². The van der Waals surface area contributed by atoms with Crippen molar-refractivity contribution < 1.29 is 29.0 Å². The van der Waals surface area contributed by atoms with Gasteiger partial charge in [0.1, 0.15) is 0 Å². The molecular weight excluding hydrogens is 745 g/mol. The number of hydrogen-bond acceptors (Lipinski definition) is 7. The molecule has 6 atom stereocenters. The summed E-state index contributed by atoms with van der Waals surface area (Å²) in [5.41, 5.74) is 3.11. The highest BCUT2D eigenvalue weighted by molar-refractivity contribution is 14.1. The van der Waals surface area contributed by atoms with Crippen molar-refractivity contribution in [3.63, 3.8) is 0 Å². The largest absolute Gasteiger partial charge is 0.504 e. The summed E-state index contributed by atoms with van der Waals surface area (Å²) in [5.74, 6) is -4.04. The average Bonchev–Trinajstić information content (AvgIpc) is 3.50. The minimum atomic E-state index is -1.19. The maximum Gasteiger partial charge on any atom is 0.241 e. The number of carbonyl (C=O) groups excluding carboxylic acids is 4. The predicted molar refractivity (Wildman–Crippen MR) is 197 cm³/mol. The van der Waals surface area contributed by atoms with Gasteiger partial charge in [-0.05, 0) is 115 Å². The van der Waals surface area contributed by atoms with Gasteiger partial charge in [0.15, 0.2) is 11.5 Å². The molecule has 4 aromatic carbocycles. The Morgan fingerprint density at radius 2 is 1.44 bits per heavy atom. The number of aromatic hydroxyl groups is 1. The van der Waals surface area contributed by atoms with Gasteiger partial charge in [0.2, 0.25) is 23.6 Å². The molecule has 3 fully saturated rings. The van der Waals surface area contributed by atoms with Crippen LogP contribution < -0.4 is 19.9 Å². The lowest BCUT2D eigenvalue weighted by atomic mass is 9.51. The number of nitrogens with one attached hydrogen (secondary N) is 1. The summed E-state index contributed by atoms with van der Waals surface area (Å²) in [5, 5.41) is 14.1. The quantitative estimate of drug-likeness (QED) is 0.121. The van der Waals surface area contributed by atoms with Crippen molar-refractivity contribution in [2.75, 3.05) is 22.2 Å². The number of fused-ring (bicyclic) bond motifs is 4. The number of halogens is 1. The molecule has 252 valence electrons. The lowest BCUT2D eigenvalue weighted by molar-refractivity contribution is -0.131. The molecular formula is C40H34IN3O6. The molecule has 10 heteroatoms. The average molecular weight is 780 g/mol. The molecule has 2 saturated heterocycles. The third kappa shape index (κ3) is 4.79. The van der Waals surface area contributed by atoms with E-state index in [9.17, 15) is 24.3 Å². The molecule has 0 bridgehead atoms. The van der Waals surface area contributed by atoms with Gasteiger partial charge < -0.3 is 15.2 Å². The Balaban J connectivity index is 1.19. The second kappa shape index (κ2) is 12.1. The monoisotopic (exact) mass is 779 g/mol. The maximum atomic E-state index is 14.6. The van der Waals surface area contributed by atoms with Crippen molar-refractivity contribution in [1.82, 2.24) is 0 Å². The Kier molecular flexibility index (Phi) is 7.81. The van der Waals surface area contributed by atoms with Crippen molar-refractivity contribution in [2.45, 2.75) is 25.7 Å². The third-order valence-electron chi connectivity index (χ3n) is 11.1. The third-order valence-corrected chi connectivity index (χ3v) is 11.9. The molecule has 2 N–H and O–H groups in total. The van der Waals surface area contributed by atoms with Crippen LogP contribution in [0.2, 0.25) is 0 Å². The topological polar surface area (TPSA) is 116 Å². The molecule has 50 heavy (non-hydrogen) atoms. The summed E-state index contributed by atoms with van der Waals surface area (Å²) in [6.45, 7) is 1.85. The SMILES string of the molecule is COc1cc([C@H]2C3=CC[C@@H]4C(=O)N(c5ccc(Nc6ccccc6)cc5)C(=O)[C@@H]4[C@@H]3C[C@H]3C(=O)N(c4ccccc4)C(=O)[C@@]23C)cc(I)c1O. The number of anilines is 4. The van der Waals surface area contributed by atoms with Crippen LogP contribution in [0.15, 0.2) is 109 Å². The van der Waals surface area contributed by atoms with E-state index >= 15 is 0 Å². The molecule has 2 aliphatic carbocycles. The summed E-state index contributed by atoms with van der Waals surface area (Å²) in [6, 6.07) is 29.4. The molecule has 0 aromatic heterocycles. The maximum absolute atomic E-state index is 14.6. The van der Waals surface area contributed by atoms with Gasteiger partial charge in [-0.1, -0.05) is 48.0 Å². The van der Waals surface area contributed by atoms with Crippen LogP contribution in [0.3, 0.4) is 0 Å². The smallest absolute Gasteiger partial charge is 0.241 e. The van der Waals surface area contributed by atoms with E-state index in [2.05, 4.69) is 5.32 Å². The van der Waals surface area contributed by atoms with Gasteiger partial charge in [-0.2, -0.15) is 0 Å². The Hall–Kier alpha value is -4.97. The van der Waals surface area contributed by atoms with Crippen molar-refractivity contribution in [1.29, 1.82) is 0 Å². The van der Waals surface area contributed by atoms with Gasteiger partial charge in [-0.25, -0.2) is 4.90 Å². The fourth-order valence-electron chi connectivity index (χ4n) is 8.77. The van der Waals surface area contributed by atoms with Crippen LogP contribution in [0.25, 0.3) is 0 Å². The van der Waals surface area contributed by atoms with Gasteiger partial charge in [0.25, 0.3) is 0 Å². The zero-order valence-electron chi connectivity index (χ0n) is 27.4. The predicted octanol–water partition coefficient (Wildman–Crippen LogP) is 7.18. The van der Waals surface area contributed by atoms with E-state index in [0.29, 0.717) is 26.9 Å². The van der Waals surface area contributed by atoms with Gasteiger partial charge >= 0.3 is 0 Å². The first kappa shape index (κ1) is 32.2. The lowest BCUT2D eigenvalue weighted by Crippen LogP contribution is -2.48. The van der Waals surface area contributed by atoms with E-state index in [0.717, 1.165) is 16.9 Å². The van der Waals surface area contributed by atoms with Gasteiger partial charge in [0.05, 0.1) is 45.2 Å². The van der Waals surface area contributed by atoms with Crippen LogP contribution in [0, 0.1) is 32.7 Å². The lowest BCUT2D eigenvalue weighted by Gasteiger charge is -2.49. The fraction of sp³-hybridized carbons (Fsp3) is 0.250. The number of carbonyl (C=O) groups is 4. The number of amides is 4. The van der Waals surface area contributed by atoms with E-state index in [-0.39, 0.29) is 41.5 Å². The zero-order chi connectivity index (χ0) is 34.9. The number of imide groups is 2. The molecule has 0 spiro atoms. The summed E-state index contributed by atoms with van der Waals surface area (Å²) >= 11 is 2.04. The normalized spacial score (nSPS) is 27.1. The van der Waals surface area contributed by atoms with E-state index < -0.39 is 35.0 Å². The Bertz CT molecular complexity index is 2090. The minimum absolute atomic E-state index is 0.0134. The second-order valence-corrected chi connectivity index (χ2v) is 14.8. The number of rotatable bonds is 6. The van der Waals surface area contributed by atoms with E-state index in [1.807, 2.05) is 90.2 Å². The Labute approximate surface area is 303 Å². The van der Waals surface area contributed by atoms with Gasteiger partial charge in [-0.15, -0.1) is 0 Å². The molecule has 0 unspecified atom stereocenters. The molecule has 8 rings (SSSR count). The highest BCUT2D eigenvalue weighted by atomic mass is 127. The molecule has 1 saturated carbocycles. The number of nitrogens with zero attached hydrogens (tertiary/aromatic N) is 2. The Morgan fingerprint density at radius 3 is 2.12 bits per heavy atom. The van der Waals surface area contributed by atoms with Crippen molar-refractivity contribution >= 4 is 69.0 Å². The molecule has 9 nitrogen and oxygen atoms in total. The molecule has 4 aromatic rings. The molecule has 4 aliphatic rings. The molecule has 0 radical (unpaired) electrons. The number of phenols is 1. The Morgan fingerprint density at radius 1 is 0.800 bits per heavy atom. The molecule has 4 amide bonds. The van der Waals surface area contributed by atoms with Crippen LogP contribution in [-0.4, -0.2) is 35.8 Å². The number of benzene rings is 4. The first-order valence-corrected chi connectivity index (χ1v) is 17.7. The first-order chi connectivity index (χ1) is 24.1. The van der Waals surface area contributed by atoms with Crippen molar-refractivity contribution in [2.24, 2.45) is 29.1 Å². The van der Waals surface area contributed by atoms with Crippen LogP contribution in [-0.2, 0) is 19.2 Å². The number of para-hydroxylation sites is 2. The fourth-order valence-corrected chi connectivity index (χ4v) is 9.40. The second-order valence-electron chi connectivity index (χ2n) is 13.6. The molecule has 2 aliphatic heterocycles. The van der Waals surface area contributed by atoms with Gasteiger partial charge in [-0.3, -0.25) is 24.1 Å². The number of phenolic OH excluding ortho intramolecular Hbond substituents is 1. The first-order valence-electron chi connectivity index (χ1n) is 16.6. The number of allylic oxidation sites excluding steroid dienone is 2. The van der Waals surface area contributed by atoms with E-state index in [1.165, 1.54) is 16.9 Å². The molecule has 2 heterocycles. The summed E-state index contributed by atoms with van der Waals surface area (Å²) in [7, 11) is 1.47. The number of hydrogen-bond donors (Lipinski definition) is 2. The minimum Gasteiger partial charge on any atom is -0.504 e. The van der Waals surface area contributed by atoms with Crippen LogP contribution >= 0.6 is 22.6 Å². The summed E-state index contributed by atoms with van der Waals surface area (Å²) in [4.78, 5) is 60.1.